The van der Waals surface area contributed by atoms with E-state index in [0.717, 1.165) is 11.1 Å². The highest BCUT2D eigenvalue weighted by atomic mass is 32.2. The monoisotopic (exact) mass is 468 g/mol. The molecule has 2 rings (SSSR count). The van der Waals surface area contributed by atoms with Gasteiger partial charge in [0.25, 0.3) is 0 Å². The summed E-state index contributed by atoms with van der Waals surface area (Å²) in [5, 5.41) is 20.8. The molecule has 8 nitrogen and oxygen atoms in total. The van der Waals surface area contributed by atoms with Gasteiger partial charge in [0.2, 0.25) is 5.91 Å². The van der Waals surface area contributed by atoms with E-state index in [2.05, 4.69) is 11.4 Å². The highest BCUT2D eigenvalue weighted by molar-refractivity contribution is 8.13. The van der Waals surface area contributed by atoms with Crippen LogP contribution in [-0.2, 0) is 21.9 Å². The zero-order valence-electron chi connectivity index (χ0n) is 19.2. The zero-order valence-corrected chi connectivity index (χ0v) is 20.1. The number of benzene rings is 2. The molecule has 0 fully saturated rings. The molecule has 33 heavy (non-hydrogen) atoms. The molecule has 1 amide bonds. The Balaban J connectivity index is 2.03. The van der Waals surface area contributed by atoms with Crippen LogP contribution < -0.4 is 16.8 Å². The van der Waals surface area contributed by atoms with Crippen molar-refractivity contribution in [1.29, 1.82) is 10.7 Å². The summed E-state index contributed by atoms with van der Waals surface area (Å²) in [7, 11) is 1.69. The van der Waals surface area contributed by atoms with Crippen molar-refractivity contribution in [3.63, 3.8) is 0 Å². The van der Waals surface area contributed by atoms with E-state index < -0.39 is 17.7 Å². The number of carbonyl (C=O) groups excluding carboxylic acids is 1. The Hall–Kier alpha value is -2.90. The summed E-state index contributed by atoms with van der Waals surface area (Å²) in [6.45, 7) is 3.75. The number of nitrogens with one attached hydrogen (secondary N) is 2. The van der Waals surface area contributed by atoms with Crippen LogP contribution in [0.2, 0.25) is 0 Å². The van der Waals surface area contributed by atoms with Crippen LogP contribution in [0.15, 0.2) is 54.6 Å². The molecule has 0 saturated carbocycles. The van der Waals surface area contributed by atoms with Crippen LogP contribution in [0.4, 0.5) is 0 Å². The van der Waals surface area contributed by atoms with Gasteiger partial charge in [-0.15, -0.1) is 0 Å². The second-order valence-corrected chi connectivity index (χ2v) is 9.23. The van der Waals surface area contributed by atoms with E-state index in [1.807, 2.05) is 48.5 Å². The number of hydrogen-bond acceptors (Lipinski definition) is 7. The van der Waals surface area contributed by atoms with Crippen LogP contribution in [0.25, 0.3) is 0 Å². The lowest BCUT2D eigenvalue weighted by Crippen LogP contribution is -2.62. The van der Waals surface area contributed by atoms with Gasteiger partial charge in [-0.3, -0.25) is 10.2 Å². The lowest BCUT2D eigenvalue weighted by molar-refractivity contribution is -0.127. The summed E-state index contributed by atoms with van der Waals surface area (Å²) in [4.78, 5) is 14.1. The van der Waals surface area contributed by atoms with Gasteiger partial charge in [0.05, 0.1) is 36.4 Å². The summed E-state index contributed by atoms with van der Waals surface area (Å²) in [5.74, 6) is 0.0959. The molecular weight excluding hydrogens is 436 g/mol. The topological polar surface area (TPSA) is 141 Å². The fourth-order valence-corrected chi connectivity index (χ4v) is 3.74. The van der Waals surface area contributed by atoms with Crippen molar-refractivity contribution in [3.05, 3.63) is 71.3 Å². The molecule has 0 aliphatic heterocycles. The second kappa shape index (κ2) is 12.4. The molecule has 0 bridgehead atoms. The number of thioether (sulfide) groups is 1. The van der Waals surface area contributed by atoms with E-state index in [-0.39, 0.29) is 17.7 Å². The molecule has 0 saturated heterocycles. The van der Waals surface area contributed by atoms with Crippen LogP contribution in [0.1, 0.15) is 30.5 Å². The average Bonchev–Trinajstić information content (AvgIpc) is 2.81. The fourth-order valence-electron chi connectivity index (χ4n) is 2.87. The lowest BCUT2D eigenvalue weighted by atomic mass is 10.1. The Morgan fingerprint density at radius 1 is 1.24 bits per heavy atom. The first kappa shape index (κ1) is 26.4. The molecule has 0 aliphatic rings. The summed E-state index contributed by atoms with van der Waals surface area (Å²) >= 11 is 1.26. The number of nitrogens with two attached hydrogens (primary N) is 2. The van der Waals surface area contributed by atoms with Crippen LogP contribution in [0.3, 0.4) is 0 Å². The van der Waals surface area contributed by atoms with Gasteiger partial charge in [0, 0.05) is 12.8 Å². The summed E-state index contributed by atoms with van der Waals surface area (Å²) in [5.41, 5.74) is 13.7. The molecule has 2 atom stereocenters. The van der Waals surface area contributed by atoms with E-state index in [4.69, 9.17) is 21.6 Å². The van der Waals surface area contributed by atoms with Crippen LogP contribution in [-0.4, -0.2) is 47.4 Å². The third-order valence-electron chi connectivity index (χ3n) is 4.99. The predicted octanol–water partition coefficient (Wildman–Crippen LogP) is 2.38. The van der Waals surface area contributed by atoms with Crippen molar-refractivity contribution in [2.24, 2.45) is 11.5 Å². The van der Waals surface area contributed by atoms with Gasteiger partial charge < -0.3 is 26.4 Å². The number of amidine groups is 1. The summed E-state index contributed by atoms with van der Waals surface area (Å²) in [6, 6.07) is 18.5. The van der Waals surface area contributed by atoms with E-state index >= 15 is 0 Å². The maximum Gasteiger partial charge on any atom is 0.239 e. The highest BCUT2D eigenvalue weighted by Gasteiger charge is 2.30. The number of nitrogens with zero attached hydrogens (tertiary/aromatic N) is 2. The molecule has 0 spiro atoms. The third-order valence-corrected chi connectivity index (χ3v) is 6.01. The Morgan fingerprint density at radius 3 is 2.52 bits per heavy atom. The minimum atomic E-state index is -1.08. The van der Waals surface area contributed by atoms with Crippen LogP contribution in [0.5, 0.6) is 0 Å². The molecule has 0 aliphatic carbocycles. The van der Waals surface area contributed by atoms with Crippen molar-refractivity contribution in [2.45, 2.75) is 44.0 Å². The maximum atomic E-state index is 12.5. The third kappa shape index (κ3) is 8.18. The standard InChI is InChI=1S/C24H32N6O2S/c1-24(2,28)22(31)29-20(15-32-14-17-9-5-4-6-10-17)21(26)30(3)23(27)33-16-19-12-8-7-11-18(19)13-25/h4-12,20-21,27H,14-16,26,28H2,1-3H3,(H,29,31)/t20-,21?/m1/s1. The smallest absolute Gasteiger partial charge is 0.239 e. The van der Waals surface area contributed by atoms with Gasteiger partial charge in [-0.1, -0.05) is 60.3 Å². The van der Waals surface area contributed by atoms with Crippen molar-refractivity contribution in [2.75, 3.05) is 13.7 Å². The van der Waals surface area contributed by atoms with Gasteiger partial charge in [-0.25, -0.2) is 0 Å². The highest BCUT2D eigenvalue weighted by Crippen LogP contribution is 2.19. The van der Waals surface area contributed by atoms with E-state index in [1.54, 1.807) is 31.9 Å². The Labute approximate surface area is 199 Å². The molecule has 0 heterocycles. The minimum Gasteiger partial charge on any atom is -0.375 e. The Bertz CT molecular complexity index is 971. The summed E-state index contributed by atoms with van der Waals surface area (Å²) < 4.78 is 5.83. The van der Waals surface area contributed by atoms with E-state index in [9.17, 15) is 10.1 Å². The number of hydrogen-bond donors (Lipinski definition) is 4. The van der Waals surface area contributed by atoms with Crippen molar-refractivity contribution >= 4 is 22.8 Å². The average molecular weight is 469 g/mol. The molecule has 2 aromatic carbocycles. The molecule has 1 unspecified atom stereocenters. The second-order valence-electron chi connectivity index (χ2n) is 8.27. The first-order valence-electron chi connectivity index (χ1n) is 10.5. The Morgan fingerprint density at radius 2 is 1.88 bits per heavy atom. The van der Waals surface area contributed by atoms with E-state index in [1.165, 1.54) is 11.8 Å². The predicted molar refractivity (Wildman–Crippen MR) is 132 cm³/mol. The first-order chi connectivity index (χ1) is 15.6. The van der Waals surface area contributed by atoms with Gasteiger partial charge in [-0.2, -0.15) is 5.26 Å². The fraction of sp³-hybridized carbons (Fsp3) is 0.375. The SMILES string of the molecule is CN(C(=N)SCc1ccccc1C#N)C(N)[C@@H](COCc1ccccc1)NC(=O)C(C)(C)N. The largest absolute Gasteiger partial charge is 0.375 e. The van der Waals surface area contributed by atoms with Gasteiger partial charge in [0.1, 0.15) is 6.17 Å². The molecular formula is C24H32N6O2S. The number of ether oxygens (including phenoxy) is 1. The van der Waals surface area contributed by atoms with Crippen LogP contribution >= 0.6 is 11.8 Å². The molecule has 0 aromatic heterocycles. The summed E-state index contributed by atoms with van der Waals surface area (Å²) in [6.07, 6.45) is -0.724. The molecule has 9 heteroatoms. The number of carbonyl (C=O) groups is 1. The van der Waals surface area contributed by atoms with E-state index in [0.29, 0.717) is 17.9 Å². The number of rotatable bonds is 10. The van der Waals surface area contributed by atoms with Gasteiger partial charge in [0.15, 0.2) is 5.17 Å². The zero-order chi connectivity index (χ0) is 24.4. The number of nitriles is 1. The lowest BCUT2D eigenvalue weighted by Gasteiger charge is -2.34. The first-order valence-corrected chi connectivity index (χ1v) is 11.5. The van der Waals surface area contributed by atoms with Crippen LogP contribution in [0, 0.1) is 16.7 Å². The van der Waals surface area contributed by atoms with Crippen molar-refractivity contribution in [1.82, 2.24) is 10.2 Å². The van der Waals surface area contributed by atoms with Crippen molar-refractivity contribution in [3.8, 4) is 6.07 Å². The van der Waals surface area contributed by atoms with Crippen molar-refractivity contribution < 1.29 is 9.53 Å². The minimum absolute atomic E-state index is 0.150. The van der Waals surface area contributed by atoms with Gasteiger partial charge >= 0.3 is 0 Å². The maximum absolute atomic E-state index is 12.5. The quantitative estimate of drug-likeness (QED) is 0.238. The van der Waals surface area contributed by atoms with Gasteiger partial charge in [-0.05, 0) is 31.0 Å². The molecule has 176 valence electrons. The normalized spacial score (nSPS) is 13.0. The Kier molecular flexibility index (Phi) is 9.88. The number of likely N-dealkylation sites (N-methyl/N-ethyl adjacent to an activating group) is 1. The molecule has 2 aromatic rings. The molecule has 0 radical (unpaired) electrons. The number of amides is 1. The molecule has 6 N–H and O–H groups in total.